The average molecular weight is 336 g/mol. The smallest absolute Gasteiger partial charge is 0.240 e. The van der Waals surface area contributed by atoms with Gasteiger partial charge in [0.2, 0.25) is 5.91 Å². The number of methoxy groups -OCH3 is 1. The first-order chi connectivity index (χ1) is 12.2. The number of nitrogens with one attached hydrogen (secondary N) is 1. The number of hydrogen-bond donors (Lipinski definition) is 1. The largest absolute Gasteiger partial charge is 0.497 e. The highest BCUT2D eigenvalue weighted by Crippen LogP contribution is 2.24. The van der Waals surface area contributed by atoms with Gasteiger partial charge in [-0.2, -0.15) is 0 Å². The maximum atomic E-state index is 12.5. The van der Waals surface area contributed by atoms with Crippen molar-refractivity contribution < 1.29 is 9.53 Å². The summed E-state index contributed by atoms with van der Waals surface area (Å²) >= 11 is 0. The van der Waals surface area contributed by atoms with Crippen LogP contribution in [0, 0.1) is 0 Å². The van der Waals surface area contributed by atoms with Crippen LogP contribution in [0.4, 0.5) is 0 Å². The Morgan fingerprint density at radius 2 is 2.04 bits per heavy atom. The summed E-state index contributed by atoms with van der Waals surface area (Å²) in [4.78, 5) is 14.4. The van der Waals surface area contributed by atoms with Crippen LogP contribution in [0.3, 0.4) is 0 Å². The van der Waals surface area contributed by atoms with Crippen molar-refractivity contribution in [3.8, 4) is 16.9 Å². The van der Waals surface area contributed by atoms with Gasteiger partial charge in [-0.15, -0.1) is 6.58 Å². The van der Waals surface area contributed by atoms with Crippen molar-refractivity contribution in [1.82, 2.24) is 10.2 Å². The maximum Gasteiger partial charge on any atom is 0.240 e. The van der Waals surface area contributed by atoms with E-state index in [0.29, 0.717) is 13.0 Å². The highest BCUT2D eigenvalue weighted by Gasteiger charge is 2.27. The van der Waals surface area contributed by atoms with Crippen LogP contribution in [0.1, 0.15) is 5.56 Å². The zero-order valence-electron chi connectivity index (χ0n) is 14.6. The molecule has 1 aliphatic heterocycles. The molecule has 0 bridgehead atoms. The van der Waals surface area contributed by atoms with Crippen molar-refractivity contribution in [2.75, 3.05) is 26.7 Å². The average Bonchev–Trinajstić information content (AvgIpc) is 2.65. The molecule has 1 aliphatic rings. The molecule has 4 heteroatoms. The molecule has 1 N–H and O–H groups in total. The summed E-state index contributed by atoms with van der Waals surface area (Å²) in [5.74, 6) is 1.00. The van der Waals surface area contributed by atoms with E-state index in [1.54, 1.807) is 13.2 Å². The van der Waals surface area contributed by atoms with E-state index in [0.717, 1.165) is 35.5 Å². The molecule has 0 saturated carbocycles. The molecule has 0 aliphatic carbocycles. The Morgan fingerprint density at radius 3 is 2.76 bits per heavy atom. The number of nitrogens with zero attached hydrogens (tertiary/aromatic N) is 1. The fraction of sp³-hybridized carbons (Fsp3) is 0.286. The van der Waals surface area contributed by atoms with Crippen LogP contribution in [0.2, 0.25) is 0 Å². The van der Waals surface area contributed by atoms with Gasteiger partial charge in [-0.05, 0) is 35.2 Å². The Morgan fingerprint density at radius 1 is 1.24 bits per heavy atom. The molecule has 3 rings (SSSR count). The third kappa shape index (κ3) is 4.09. The first kappa shape index (κ1) is 17.2. The van der Waals surface area contributed by atoms with E-state index < -0.39 is 0 Å². The Balaban J connectivity index is 1.75. The van der Waals surface area contributed by atoms with Gasteiger partial charge in [-0.1, -0.05) is 42.5 Å². The van der Waals surface area contributed by atoms with E-state index in [1.165, 1.54) is 0 Å². The second kappa shape index (κ2) is 7.99. The summed E-state index contributed by atoms with van der Waals surface area (Å²) in [5, 5.41) is 3.34. The lowest BCUT2D eigenvalue weighted by Crippen LogP contribution is -2.55. The van der Waals surface area contributed by atoms with E-state index in [9.17, 15) is 4.79 Å². The number of carbonyl (C=O) groups is 1. The number of piperazine rings is 1. The minimum absolute atomic E-state index is 0.154. The highest BCUT2D eigenvalue weighted by atomic mass is 16.5. The number of hydrogen-bond acceptors (Lipinski definition) is 3. The van der Waals surface area contributed by atoms with Crippen molar-refractivity contribution in [2.45, 2.75) is 12.5 Å². The van der Waals surface area contributed by atoms with Gasteiger partial charge in [0.05, 0.1) is 13.2 Å². The molecule has 0 spiro atoms. The lowest BCUT2D eigenvalue weighted by Gasteiger charge is -2.32. The number of ether oxygens (including phenoxy) is 1. The van der Waals surface area contributed by atoms with Gasteiger partial charge < -0.3 is 15.0 Å². The molecular formula is C21H24N2O2. The minimum atomic E-state index is -0.167. The van der Waals surface area contributed by atoms with Crippen LogP contribution >= 0.6 is 0 Å². The monoisotopic (exact) mass is 336 g/mol. The second-order valence-electron chi connectivity index (χ2n) is 6.21. The Kier molecular flexibility index (Phi) is 5.51. The molecule has 1 atom stereocenters. The molecular weight excluding hydrogens is 312 g/mol. The van der Waals surface area contributed by atoms with Gasteiger partial charge in [0.15, 0.2) is 0 Å². The van der Waals surface area contributed by atoms with E-state index in [4.69, 9.17) is 4.74 Å². The van der Waals surface area contributed by atoms with Crippen LogP contribution < -0.4 is 10.1 Å². The molecule has 1 unspecified atom stereocenters. The molecule has 1 saturated heterocycles. The molecule has 1 fully saturated rings. The van der Waals surface area contributed by atoms with Crippen LogP contribution in [-0.4, -0.2) is 43.6 Å². The Hall–Kier alpha value is -2.59. The predicted molar refractivity (Wildman–Crippen MR) is 101 cm³/mol. The van der Waals surface area contributed by atoms with E-state index in [2.05, 4.69) is 30.1 Å². The van der Waals surface area contributed by atoms with Gasteiger partial charge >= 0.3 is 0 Å². The molecule has 1 heterocycles. The molecule has 0 aromatic heterocycles. The van der Waals surface area contributed by atoms with Gasteiger partial charge in [0.25, 0.3) is 0 Å². The number of rotatable bonds is 6. The standard InChI is InChI=1S/C21H24N2O2/c1-3-12-23-13-11-22-20(21(23)24)15-16-5-4-6-18(14-16)17-7-9-19(25-2)10-8-17/h3-10,14,20,22H,1,11-13,15H2,2H3. The molecule has 2 aromatic carbocycles. The van der Waals surface area contributed by atoms with Crippen LogP contribution in [0.25, 0.3) is 11.1 Å². The first-order valence-corrected chi connectivity index (χ1v) is 8.57. The summed E-state index contributed by atoms with van der Waals surface area (Å²) in [6.45, 7) is 5.91. The lowest BCUT2D eigenvalue weighted by atomic mass is 9.98. The van der Waals surface area contributed by atoms with E-state index >= 15 is 0 Å². The SMILES string of the molecule is C=CCN1CCNC(Cc2cccc(-c3ccc(OC)cc3)c2)C1=O. The van der Waals surface area contributed by atoms with Crippen molar-refractivity contribution in [3.63, 3.8) is 0 Å². The zero-order chi connectivity index (χ0) is 17.6. The van der Waals surface area contributed by atoms with Crippen LogP contribution in [0.5, 0.6) is 5.75 Å². The van der Waals surface area contributed by atoms with Crippen molar-refractivity contribution in [2.24, 2.45) is 0 Å². The summed E-state index contributed by atoms with van der Waals surface area (Å²) in [7, 11) is 1.67. The van der Waals surface area contributed by atoms with Gasteiger partial charge in [0, 0.05) is 19.6 Å². The molecule has 4 nitrogen and oxygen atoms in total. The Labute approximate surface area is 149 Å². The summed E-state index contributed by atoms with van der Waals surface area (Å²) in [6, 6.07) is 16.2. The van der Waals surface area contributed by atoms with Crippen molar-refractivity contribution in [1.29, 1.82) is 0 Å². The number of benzene rings is 2. The fourth-order valence-corrected chi connectivity index (χ4v) is 3.19. The summed E-state index contributed by atoms with van der Waals surface area (Å²) in [6.07, 6.45) is 2.47. The minimum Gasteiger partial charge on any atom is -0.497 e. The van der Waals surface area contributed by atoms with E-state index in [-0.39, 0.29) is 11.9 Å². The second-order valence-corrected chi connectivity index (χ2v) is 6.21. The van der Waals surface area contributed by atoms with Crippen molar-refractivity contribution in [3.05, 3.63) is 66.7 Å². The molecule has 25 heavy (non-hydrogen) atoms. The van der Waals surface area contributed by atoms with Crippen LogP contribution in [-0.2, 0) is 11.2 Å². The summed E-state index contributed by atoms with van der Waals surface area (Å²) < 4.78 is 5.21. The summed E-state index contributed by atoms with van der Waals surface area (Å²) in [5.41, 5.74) is 3.44. The van der Waals surface area contributed by atoms with E-state index in [1.807, 2.05) is 35.2 Å². The third-order valence-electron chi connectivity index (χ3n) is 4.52. The van der Waals surface area contributed by atoms with Crippen LogP contribution in [0.15, 0.2) is 61.2 Å². The third-order valence-corrected chi connectivity index (χ3v) is 4.52. The molecule has 0 radical (unpaired) electrons. The molecule has 130 valence electrons. The maximum absolute atomic E-state index is 12.5. The molecule has 2 aromatic rings. The van der Waals surface area contributed by atoms with Crippen molar-refractivity contribution >= 4 is 5.91 Å². The number of carbonyl (C=O) groups excluding carboxylic acids is 1. The predicted octanol–water partition coefficient (Wildman–Crippen LogP) is 2.89. The Bertz CT molecular complexity index is 740. The lowest BCUT2D eigenvalue weighted by molar-refractivity contribution is -0.135. The quantitative estimate of drug-likeness (QED) is 0.825. The highest BCUT2D eigenvalue weighted by molar-refractivity contribution is 5.83. The number of amides is 1. The van der Waals surface area contributed by atoms with Gasteiger partial charge in [-0.25, -0.2) is 0 Å². The zero-order valence-corrected chi connectivity index (χ0v) is 14.6. The first-order valence-electron chi connectivity index (χ1n) is 8.57. The van der Waals surface area contributed by atoms with Gasteiger partial charge in [-0.3, -0.25) is 4.79 Å². The topological polar surface area (TPSA) is 41.6 Å². The fourth-order valence-electron chi connectivity index (χ4n) is 3.19. The normalized spacial score (nSPS) is 17.4. The molecule has 1 amide bonds. The van der Waals surface area contributed by atoms with Gasteiger partial charge in [0.1, 0.15) is 5.75 Å².